The summed E-state index contributed by atoms with van der Waals surface area (Å²) in [6, 6.07) is 18.0. The molecule has 0 spiro atoms. The van der Waals surface area contributed by atoms with E-state index in [0.717, 1.165) is 32.9 Å². The van der Waals surface area contributed by atoms with Crippen LogP contribution in [0.3, 0.4) is 0 Å². The van der Waals surface area contributed by atoms with Crippen LogP contribution in [0.4, 0.5) is 5.13 Å². The van der Waals surface area contributed by atoms with E-state index in [1.807, 2.05) is 60.0 Å². The van der Waals surface area contributed by atoms with Crippen molar-refractivity contribution in [3.05, 3.63) is 71.8 Å². The van der Waals surface area contributed by atoms with E-state index < -0.39 is 0 Å². The standard InChI is InChI=1S/C18H13N3OS/c1-2-4-14(5-3-1)16-12-23-18(20-16)21-19-11-13-6-7-15-8-9-22-17(15)10-13/h1-12H,(H,20,21). The zero-order valence-electron chi connectivity index (χ0n) is 12.1. The Bertz CT molecular complexity index is 956. The molecule has 4 nitrogen and oxygen atoms in total. The number of anilines is 1. The van der Waals surface area contributed by atoms with Gasteiger partial charge in [0.1, 0.15) is 5.58 Å². The van der Waals surface area contributed by atoms with E-state index in [0.29, 0.717) is 0 Å². The Balaban J connectivity index is 1.47. The highest BCUT2D eigenvalue weighted by molar-refractivity contribution is 7.14. The molecular formula is C18H13N3OS. The summed E-state index contributed by atoms with van der Waals surface area (Å²) < 4.78 is 5.38. The van der Waals surface area contributed by atoms with Crippen LogP contribution in [-0.2, 0) is 0 Å². The Kier molecular flexibility index (Phi) is 3.62. The Labute approximate surface area is 137 Å². The Morgan fingerprint density at radius 2 is 2.00 bits per heavy atom. The molecule has 2 aromatic heterocycles. The van der Waals surface area contributed by atoms with Gasteiger partial charge in [-0.1, -0.05) is 42.5 Å². The minimum absolute atomic E-state index is 0.763. The predicted octanol–water partition coefficient (Wildman–Crippen LogP) is 5.00. The summed E-state index contributed by atoms with van der Waals surface area (Å²) in [6.45, 7) is 0. The van der Waals surface area contributed by atoms with Gasteiger partial charge >= 0.3 is 0 Å². The number of rotatable bonds is 4. The summed E-state index contributed by atoms with van der Waals surface area (Å²) in [5.74, 6) is 0. The number of hydrogen-bond donors (Lipinski definition) is 1. The number of nitrogens with one attached hydrogen (secondary N) is 1. The number of aromatic nitrogens is 1. The highest BCUT2D eigenvalue weighted by Gasteiger charge is 2.03. The van der Waals surface area contributed by atoms with Gasteiger partial charge in [-0.2, -0.15) is 5.10 Å². The second-order valence-corrected chi connectivity index (χ2v) is 5.85. The molecule has 0 saturated heterocycles. The van der Waals surface area contributed by atoms with Gasteiger partial charge in [0.2, 0.25) is 5.13 Å². The summed E-state index contributed by atoms with van der Waals surface area (Å²) >= 11 is 1.53. The molecule has 1 N–H and O–H groups in total. The van der Waals surface area contributed by atoms with E-state index in [1.54, 1.807) is 12.5 Å². The summed E-state index contributed by atoms with van der Waals surface area (Å²) in [5, 5.41) is 8.11. The van der Waals surface area contributed by atoms with Gasteiger partial charge in [-0.05, 0) is 17.7 Å². The normalized spacial score (nSPS) is 11.3. The molecule has 0 unspecified atom stereocenters. The lowest BCUT2D eigenvalue weighted by molar-refractivity contribution is 0.616. The number of furan rings is 1. The second-order valence-electron chi connectivity index (χ2n) is 4.99. The van der Waals surface area contributed by atoms with Gasteiger partial charge < -0.3 is 4.42 Å². The molecule has 0 fully saturated rings. The van der Waals surface area contributed by atoms with Crippen molar-refractivity contribution in [2.24, 2.45) is 5.10 Å². The fourth-order valence-corrected chi connectivity index (χ4v) is 2.95. The third-order valence-corrected chi connectivity index (χ3v) is 4.17. The first-order valence-electron chi connectivity index (χ1n) is 7.16. The van der Waals surface area contributed by atoms with Crippen LogP contribution in [0.1, 0.15) is 5.56 Å². The molecule has 0 aliphatic rings. The van der Waals surface area contributed by atoms with Crippen molar-refractivity contribution in [1.29, 1.82) is 0 Å². The third kappa shape index (κ3) is 3.00. The van der Waals surface area contributed by atoms with E-state index in [-0.39, 0.29) is 0 Å². The van der Waals surface area contributed by atoms with Crippen molar-refractivity contribution in [2.45, 2.75) is 0 Å². The number of fused-ring (bicyclic) bond motifs is 1. The molecular weight excluding hydrogens is 306 g/mol. The molecule has 4 rings (SSSR count). The van der Waals surface area contributed by atoms with Crippen molar-refractivity contribution >= 4 is 33.7 Å². The van der Waals surface area contributed by atoms with Gasteiger partial charge in [0, 0.05) is 16.3 Å². The fraction of sp³-hybridized carbons (Fsp3) is 0. The zero-order valence-corrected chi connectivity index (χ0v) is 13.0. The topological polar surface area (TPSA) is 50.4 Å². The van der Waals surface area contributed by atoms with Gasteiger partial charge in [-0.15, -0.1) is 11.3 Å². The molecule has 0 aliphatic carbocycles. The molecule has 2 aromatic carbocycles. The van der Waals surface area contributed by atoms with Crippen molar-refractivity contribution in [2.75, 3.05) is 5.43 Å². The first-order chi connectivity index (χ1) is 11.4. The van der Waals surface area contributed by atoms with Crippen LogP contribution in [0.15, 0.2) is 75.8 Å². The SMILES string of the molecule is C(=NNc1nc(-c2ccccc2)cs1)c1ccc2ccoc2c1. The highest BCUT2D eigenvalue weighted by Crippen LogP contribution is 2.24. The van der Waals surface area contributed by atoms with E-state index >= 15 is 0 Å². The molecule has 2 heterocycles. The average molecular weight is 319 g/mol. The molecule has 0 bridgehead atoms. The van der Waals surface area contributed by atoms with Crippen LogP contribution in [0, 0.1) is 0 Å². The predicted molar refractivity (Wildman–Crippen MR) is 95.0 cm³/mol. The number of benzene rings is 2. The van der Waals surface area contributed by atoms with Crippen LogP contribution < -0.4 is 5.43 Å². The summed E-state index contributed by atoms with van der Waals surface area (Å²) in [4.78, 5) is 4.53. The largest absolute Gasteiger partial charge is 0.464 e. The first-order valence-corrected chi connectivity index (χ1v) is 8.04. The van der Waals surface area contributed by atoms with Crippen molar-refractivity contribution in [3.8, 4) is 11.3 Å². The Hall–Kier alpha value is -2.92. The van der Waals surface area contributed by atoms with E-state index in [4.69, 9.17) is 4.42 Å². The maximum absolute atomic E-state index is 5.38. The number of nitrogens with zero attached hydrogens (tertiary/aromatic N) is 2. The van der Waals surface area contributed by atoms with E-state index in [2.05, 4.69) is 15.5 Å². The first kappa shape index (κ1) is 13.7. The van der Waals surface area contributed by atoms with E-state index in [1.165, 1.54) is 11.3 Å². The van der Waals surface area contributed by atoms with Crippen LogP contribution in [0.25, 0.3) is 22.2 Å². The number of thiazole rings is 1. The van der Waals surface area contributed by atoms with Gasteiger partial charge in [0.15, 0.2) is 0 Å². The third-order valence-electron chi connectivity index (χ3n) is 3.43. The molecule has 0 atom stereocenters. The average Bonchev–Trinajstić information content (AvgIpc) is 3.24. The lowest BCUT2D eigenvalue weighted by Crippen LogP contribution is -1.90. The van der Waals surface area contributed by atoms with Gasteiger partial charge in [-0.25, -0.2) is 4.98 Å². The minimum atomic E-state index is 0.763. The minimum Gasteiger partial charge on any atom is -0.464 e. The zero-order chi connectivity index (χ0) is 15.5. The number of hydrazone groups is 1. The molecule has 0 saturated carbocycles. The lowest BCUT2D eigenvalue weighted by atomic mass is 10.2. The van der Waals surface area contributed by atoms with Crippen LogP contribution in [-0.4, -0.2) is 11.2 Å². The van der Waals surface area contributed by atoms with Crippen LogP contribution >= 0.6 is 11.3 Å². The molecule has 0 amide bonds. The lowest BCUT2D eigenvalue weighted by Gasteiger charge is -1.96. The smallest absolute Gasteiger partial charge is 0.203 e. The molecule has 5 heteroatoms. The maximum Gasteiger partial charge on any atom is 0.203 e. The van der Waals surface area contributed by atoms with Crippen LogP contribution in [0.5, 0.6) is 0 Å². The van der Waals surface area contributed by atoms with Gasteiger partial charge in [0.05, 0.1) is 18.2 Å². The van der Waals surface area contributed by atoms with Gasteiger partial charge in [-0.3, -0.25) is 5.43 Å². The molecule has 4 aromatic rings. The van der Waals surface area contributed by atoms with Crippen molar-refractivity contribution < 1.29 is 4.42 Å². The summed E-state index contributed by atoms with van der Waals surface area (Å²) in [7, 11) is 0. The molecule has 0 radical (unpaired) electrons. The Morgan fingerprint density at radius 1 is 1.09 bits per heavy atom. The summed E-state index contributed by atoms with van der Waals surface area (Å²) in [6.07, 6.45) is 3.44. The second kappa shape index (κ2) is 6.06. The van der Waals surface area contributed by atoms with Crippen LogP contribution in [0.2, 0.25) is 0 Å². The van der Waals surface area contributed by atoms with Crippen molar-refractivity contribution in [1.82, 2.24) is 4.98 Å². The molecule has 23 heavy (non-hydrogen) atoms. The maximum atomic E-state index is 5.38. The molecule has 0 aliphatic heterocycles. The quantitative estimate of drug-likeness (QED) is 0.425. The summed E-state index contributed by atoms with van der Waals surface area (Å²) in [5.41, 5.74) is 6.85. The fourth-order valence-electron chi connectivity index (χ4n) is 2.28. The van der Waals surface area contributed by atoms with Crippen molar-refractivity contribution in [3.63, 3.8) is 0 Å². The monoisotopic (exact) mass is 319 g/mol. The van der Waals surface area contributed by atoms with Gasteiger partial charge in [0.25, 0.3) is 0 Å². The van der Waals surface area contributed by atoms with E-state index in [9.17, 15) is 0 Å². The Morgan fingerprint density at radius 3 is 2.91 bits per heavy atom. The molecule has 112 valence electrons. The highest BCUT2D eigenvalue weighted by atomic mass is 32.1. The number of hydrogen-bond acceptors (Lipinski definition) is 5.